The Morgan fingerprint density at radius 1 is 0.306 bits per heavy atom. The molecular weight excluding hydrogens is 753 g/mol. The maximum Gasteiger partial charge on any atom is 0.238 e. The molecule has 0 unspecified atom stereocenters. The minimum atomic E-state index is -0.455. The van der Waals surface area contributed by atoms with Crippen molar-refractivity contribution in [1.29, 1.82) is 0 Å². The molecule has 0 N–H and O–H groups in total. The van der Waals surface area contributed by atoms with Crippen LogP contribution in [0, 0.1) is 0 Å². The Balaban J connectivity index is 1.05. The highest BCUT2D eigenvalue weighted by atomic mass is 15.2. The molecule has 0 atom stereocenters. The van der Waals surface area contributed by atoms with Gasteiger partial charge < -0.3 is 0 Å². The van der Waals surface area contributed by atoms with Crippen molar-refractivity contribution in [2.75, 3.05) is 0 Å². The Morgan fingerprint density at radius 2 is 0.806 bits per heavy atom. The molecule has 0 aliphatic heterocycles. The Kier molecular flexibility index (Phi) is 7.49. The van der Waals surface area contributed by atoms with Crippen molar-refractivity contribution in [3.8, 4) is 73.2 Å². The second kappa shape index (κ2) is 13.4. The molecule has 0 radical (unpaired) electrons. The standard InChI is InChI=1S/C58H36N4/c1-3-18-37(19-4-1)40-22-7-8-27-47(40)56-59-55(38-20-5-2-6-21-38)60-57(61-56)62-52-33-16-12-26-45(52)48-36-39(34-35-53(48)62)41-28-17-29-46-44-25-11-15-32-51(44)58(54(41)46)49-30-13-9-23-42(49)43-24-10-14-31-50(43)58/h1-36H. The molecule has 62 heavy (non-hydrogen) atoms. The first-order valence-electron chi connectivity index (χ1n) is 21.2. The van der Waals surface area contributed by atoms with Crippen molar-refractivity contribution in [1.82, 2.24) is 19.5 Å². The summed E-state index contributed by atoms with van der Waals surface area (Å²) in [6.07, 6.45) is 0. The fraction of sp³-hybridized carbons (Fsp3) is 0.0172. The van der Waals surface area contributed by atoms with E-state index < -0.39 is 5.41 Å². The van der Waals surface area contributed by atoms with Crippen molar-refractivity contribution in [2.24, 2.45) is 0 Å². The lowest BCUT2D eigenvalue weighted by Gasteiger charge is -2.32. The van der Waals surface area contributed by atoms with Crippen LogP contribution < -0.4 is 0 Å². The summed E-state index contributed by atoms with van der Waals surface area (Å²) in [7, 11) is 0. The number of nitrogens with zero attached hydrogens (tertiary/aromatic N) is 4. The van der Waals surface area contributed by atoms with Crippen molar-refractivity contribution >= 4 is 21.8 Å². The molecule has 0 bridgehead atoms. The van der Waals surface area contributed by atoms with Crippen molar-refractivity contribution in [3.63, 3.8) is 0 Å². The van der Waals surface area contributed by atoms with Gasteiger partial charge in [-0.1, -0.05) is 200 Å². The molecule has 288 valence electrons. The van der Waals surface area contributed by atoms with Crippen LogP contribution in [0.25, 0.3) is 95.0 Å². The van der Waals surface area contributed by atoms with E-state index in [9.17, 15) is 0 Å². The van der Waals surface area contributed by atoms with Crippen LogP contribution in [0.15, 0.2) is 218 Å². The first-order chi connectivity index (χ1) is 30.8. The molecule has 2 aliphatic rings. The zero-order valence-electron chi connectivity index (χ0n) is 33.6. The van der Waals surface area contributed by atoms with Crippen molar-refractivity contribution in [2.45, 2.75) is 5.41 Å². The number of benzene rings is 9. The Bertz CT molecular complexity index is 3520. The summed E-state index contributed by atoms with van der Waals surface area (Å²) >= 11 is 0. The minimum Gasteiger partial charge on any atom is -0.278 e. The highest BCUT2D eigenvalue weighted by Crippen LogP contribution is 2.64. The van der Waals surface area contributed by atoms with E-state index in [0.29, 0.717) is 17.6 Å². The molecule has 2 aliphatic carbocycles. The number of aromatic nitrogens is 4. The first kappa shape index (κ1) is 34.6. The molecule has 0 saturated heterocycles. The van der Waals surface area contributed by atoms with E-state index in [1.54, 1.807) is 0 Å². The third-order valence-corrected chi connectivity index (χ3v) is 13.1. The third kappa shape index (κ3) is 4.86. The van der Waals surface area contributed by atoms with E-state index in [0.717, 1.165) is 44.1 Å². The maximum absolute atomic E-state index is 5.34. The van der Waals surface area contributed by atoms with Gasteiger partial charge in [0.2, 0.25) is 5.95 Å². The van der Waals surface area contributed by atoms with Gasteiger partial charge in [-0.05, 0) is 85.0 Å². The van der Waals surface area contributed by atoms with Crippen LogP contribution >= 0.6 is 0 Å². The van der Waals surface area contributed by atoms with Gasteiger partial charge in [-0.2, -0.15) is 9.97 Å². The van der Waals surface area contributed by atoms with Crippen molar-refractivity contribution < 1.29 is 0 Å². The Labute approximate surface area is 359 Å². The summed E-state index contributed by atoms with van der Waals surface area (Å²) in [4.78, 5) is 15.8. The van der Waals surface area contributed by atoms with Gasteiger partial charge in [0.25, 0.3) is 0 Å². The summed E-state index contributed by atoms with van der Waals surface area (Å²) in [5, 5.41) is 2.28. The summed E-state index contributed by atoms with van der Waals surface area (Å²) in [6, 6.07) is 78.6. The molecular formula is C58H36N4. The van der Waals surface area contributed by atoms with E-state index in [2.05, 4.69) is 199 Å². The molecule has 13 rings (SSSR count). The number of hydrogen-bond donors (Lipinski definition) is 0. The third-order valence-electron chi connectivity index (χ3n) is 13.1. The van der Waals surface area contributed by atoms with Gasteiger partial charge in [-0.25, -0.2) is 4.98 Å². The first-order valence-corrected chi connectivity index (χ1v) is 21.2. The lowest BCUT2D eigenvalue weighted by molar-refractivity contribution is 0.796. The maximum atomic E-state index is 5.34. The van der Waals surface area contributed by atoms with Crippen LogP contribution in [0.3, 0.4) is 0 Å². The summed E-state index contributed by atoms with van der Waals surface area (Å²) in [5.74, 6) is 1.82. The van der Waals surface area contributed by atoms with Gasteiger partial charge >= 0.3 is 0 Å². The molecule has 2 aromatic heterocycles. The lowest BCUT2D eigenvalue weighted by atomic mass is 9.68. The molecule has 2 heterocycles. The van der Waals surface area contributed by atoms with Gasteiger partial charge in [0.1, 0.15) is 0 Å². The average Bonchev–Trinajstić information content (AvgIpc) is 3.96. The molecule has 11 aromatic rings. The van der Waals surface area contributed by atoms with Crippen LogP contribution in [0.5, 0.6) is 0 Å². The zero-order chi connectivity index (χ0) is 40.8. The quantitative estimate of drug-likeness (QED) is 0.174. The van der Waals surface area contributed by atoms with E-state index in [-0.39, 0.29) is 0 Å². The van der Waals surface area contributed by atoms with E-state index in [1.807, 2.05) is 24.3 Å². The molecule has 4 nitrogen and oxygen atoms in total. The van der Waals surface area contributed by atoms with E-state index >= 15 is 0 Å². The van der Waals surface area contributed by atoms with Crippen LogP contribution in [0.1, 0.15) is 22.3 Å². The molecule has 0 amide bonds. The summed E-state index contributed by atoms with van der Waals surface area (Å²) in [5.41, 5.74) is 18.6. The second-order valence-electron chi connectivity index (χ2n) is 16.3. The van der Waals surface area contributed by atoms with Crippen LogP contribution in [0.2, 0.25) is 0 Å². The van der Waals surface area contributed by atoms with E-state index in [4.69, 9.17) is 15.0 Å². The largest absolute Gasteiger partial charge is 0.278 e. The van der Waals surface area contributed by atoms with Crippen molar-refractivity contribution in [3.05, 3.63) is 241 Å². The topological polar surface area (TPSA) is 43.6 Å². The fourth-order valence-electron chi connectivity index (χ4n) is 10.6. The smallest absolute Gasteiger partial charge is 0.238 e. The predicted molar refractivity (Wildman–Crippen MR) is 252 cm³/mol. The van der Waals surface area contributed by atoms with Gasteiger partial charge in [0.05, 0.1) is 16.4 Å². The number of fused-ring (bicyclic) bond motifs is 13. The Morgan fingerprint density at radius 3 is 1.50 bits per heavy atom. The normalized spacial score (nSPS) is 13.0. The summed E-state index contributed by atoms with van der Waals surface area (Å²) < 4.78 is 2.22. The fourth-order valence-corrected chi connectivity index (χ4v) is 10.6. The number of para-hydroxylation sites is 1. The molecule has 9 aromatic carbocycles. The van der Waals surface area contributed by atoms with Gasteiger partial charge in [0.15, 0.2) is 11.6 Å². The monoisotopic (exact) mass is 788 g/mol. The highest BCUT2D eigenvalue weighted by molar-refractivity contribution is 6.11. The van der Waals surface area contributed by atoms with Crippen LogP contribution in [-0.4, -0.2) is 19.5 Å². The highest BCUT2D eigenvalue weighted by Gasteiger charge is 2.52. The predicted octanol–water partition coefficient (Wildman–Crippen LogP) is 14.0. The molecule has 0 saturated carbocycles. The van der Waals surface area contributed by atoms with Gasteiger partial charge in [0, 0.05) is 21.9 Å². The van der Waals surface area contributed by atoms with E-state index in [1.165, 1.54) is 55.6 Å². The number of rotatable bonds is 5. The number of hydrogen-bond acceptors (Lipinski definition) is 3. The van der Waals surface area contributed by atoms with Crippen LogP contribution in [-0.2, 0) is 5.41 Å². The SMILES string of the molecule is c1ccc(-c2nc(-c3ccccc3-c3ccccc3)nc(-n3c4ccccc4c4cc(-c5cccc6c5C5(c7ccccc7-c7ccccc75)c5ccccc5-6)ccc43)n2)cc1. The molecule has 0 fully saturated rings. The zero-order valence-corrected chi connectivity index (χ0v) is 33.6. The van der Waals surface area contributed by atoms with Gasteiger partial charge in [-0.3, -0.25) is 4.57 Å². The second-order valence-corrected chi connectivity index (χ2v) is 16.3. The Hall–Kier alpha value is -8.21. The minimum absolute atomic E-state index is 0.455. The van der Waals surface area contributed by atoms with Crippen LogP contribution in [0.4, 0.5) is 0 Å². The lowest BCUT2D eigenvalue weighted by Crippen LogP contribution is -2.26. The molecule has 4 heteroatoms. The summed E-state index contributed by atoms with van der Waals surface area (Å²) in [6.45, 7) is 0. The average molecular weight is 789 g/mol. The molecule has 1 spiro atoms. The van der Waals surface area contributed by atoms with Gasteiger partial charge in [-0.15, -0.1) is 0 Å².